The molecule has 10 nitrogen and oxygen atoms in total. The molecule has 0 saturated carbocycles. The topological polar surface area (TPSA) is 146 Å². The fourth-order valence-electron chi connectivity index (χ4n) is 5.19. The first-order chi connectivity index (χ1) is 19.5. The van der Waals surface area contributed by atoms with E-state index in [1.54, 1.807) is 0 Å². The van der Waals surface area contributed by atoms with Crippen LogP contribution in [0.2, 0.25) is 0 Å². The minimum atomic E-state index is -3.09. The number of hydrogen-bond acceptors (Lipinski definition) is 9. The molecule has 0 aromatic carbocycles. The van der Waals surface area contributed by atoms with E-state index in [0.717, 1.165) is 19.3 Å². The molecular weight excluding hydrogens is 531 g/mol. The molecule has 2 rings (SSSR count). The lowest BCUT2D eigenvalue weighted by Crippen LogP contribution is -2.24. The lowest BCUT2D eigenvalue weighted by Gasteiger charge is -2.18. The first-order valence-corrected chi connectivity index (χ1v) is 17.5. The molecule has 1 aliphatic rings. The largest absolute Gasteiger partial charge is 0.480 e. The van der Waals surface area contributed by atoms with E-state index in [2.05, 4.69) is 20.6 Å². The van der Waals surface area contributed by atoms with Gasteiger partial charge in [0.15, 0.2) is 0 Å². The minimum Gasteiger partial charge on any atom is -0.480 e. The number of unbranched alkanes of at least 4 members (excludes halogenated alkanes) is 14. The number of hydrogen-bond donors (Lipinski definition) is 5. The van der Waals surface area contributed by atoms with Gasteiger partial charge in [0.1, 0.15) is 5.69 Å². The first kappa shape index (κ1) is 34.7. The second-order valence-electron chi connectivity index (χ2n) is 10.9. The van der Waals surface area contributed by atoms with Crippen molar-refractivity contribution in [3.63, 3.8) is 0 Å². The molecule has 0 saturated heterocycles. The van der Waals surface area contributed by atoms with Gasteiger partial charge in [0.2, 0.25) is 0 Å². The second-order valence-corrected chi connectivity index (χ2v) is 13.1. The summed E-state index contributed by atoms with van der Waals surface area (Å²) in [5.41, 5.74) is 0.631. The molecule has 1 aromatic heterocycles. The Bertz CT molecular complexity index is 900. The van der Waals surface area contributed by atoms with Crippen LogP contribution >= 0.6 is 7.60 Å². The van der Waals surface area contributed by atoms with Crippen LogP contribution in [0.25, 0.3) is 0 Å². The maximum atomic E-state index is 13.1. The van der Waals surface area contributed by atoms with Crippen LogP contribution in [0.4, 0.5) is 5.69 Å². The van der Waals surface area contributed by atoms with Crippen LogP contribution < -0.4 is 16.2 Å². The van der Waals surface area contributed by atoms with Crippen LogP contribution in [0, 0.1) is 0 Å². The number of aromatic amines is 1. The number of nitrogens with one attached hydrogen (secondary N) is 3. The normalized spacial score (nSPS) is 16.1. The van der Waals surface area contributed by atoms with Crippen LogP contribution in [-0.4, -0.2) is 65.8 Å². The Morgan fingerprint density at radius 1 is 0.900 bits per heavy atom. The van der Waals surface area contributed by atoms with Crippen molar-refractivity contribution in [2.75, 3.05) is 50.9 Å². The lowest BCUT2D eigenvalue weighted by molar-refractivity contribution is 0.207. The monoisotopic (exact) mass is 586 g/mol. The third kappa shape index (κ3) is 14.4. The Balaban J connectivity index is 1.44. The highest BCUT2D eigenvalue weighted by Gasteiger charge is 2.27. The number of aromatic hydroxyl groups is 1. The van der Waals surface area contributed by atoms with Crippen molar-refractivity contribution in [1.29, 1.82) is 0 Å². The van der Waals surface area contributed by atoms with E-state index < -0.39 is 7.60 Å². The number of H-pyrrole nitrogens is 1. The number of aromatic nitrogens is 2. The van der Waals surface area contributed by atoms with Gasteiger partial charge in [-0.1, -0.05) is 83.5 Å². The average molecular weight is 587 g/mol. The molecule has 0 aliphatic carbocycles. The average Bonchev–Trinajstić information content (AvgIpc) is 3.33. The Morgan fingerprint density at radius 3 is 2.05 bits per heavy atom. The molecule has 232 valence electrons. The van der Waals surface area contributed by atoms with E-state index in [4.69, 9.17) is 14.2 Å². The van der Waals surface area contributed by atoms with Gasteiger partial charge in [-0.05, 0) is 32.7 Å². The molecule has 0 bridgehead atoms. The molecular formula is C29H55N4O6P. The summed E-state index contributed by atoms with van der Waals surface area (Å²) in [4.78, 5) is 18.2. The molecule has 2 atom stereocenters. The quantitative estimate of drug-likeness (QED) is 0.0646. The molecule has 0 radical (unpaired) electrons. The van der Waals surface area contributed by atoms with Crippen LogP contribution in [0.3, 0.4) is 0 Å². The minimum absolute atomic E-state index is 0.0124. The van der Waals surface area contributed by atoms with Crippen LogP contribution in [0.5, 0.6) is 6.01 Å². The smallest absolute Gasteiger partial charge is 0.330 e. The highest BCUT2D eigenvalue weighted by Crippen LogP contribution is 2.48. The van der Waals surface area contributed by atoms with E-state index in [1.165, 1.54) is 77.0 Å². The molecule has 0 amide bonds. The van der Waals surface area contributed by atoms with Crippen LogP contribution in [-0.2, 0) is 13.6 Å². The summed E-state index contributed by atoms with van der Waals surface area (Å²) in [6, 6.07) is -0.369. The van der Waals surface area contributed by atoms with Gasteiger partial charge >= 0.3 is 7.60 Å². The molecule has 2 heterocycles. The van der Waals surface area contributed by atoms with Crippen molar-refractivity contribution in [1.82, 2.24) is 15.3 Å². The third-order valence-corrected chi connectivity index (χ3v) is 9.53. The van der Waals surface area contributed by atoms with E-state index in [1.807, 2.05) is 6.92 Å². The molecule has 0 spiro atoms. The number of aliphatic hydroxyl groups is 1. The number of anilines is 1. The zero-order chi connectivity index (χ0) is 28.9. The van der Waals surface area contributed by atoms with Gasteiger partial charge in [-0.25, -0.2) is 0 Å². The molecule has 11 heteroatoms. The van der Waals surface area contributed by atoms with Gasteiger partial charge in [-0.2, -0.15) is 4.98 Å². The third-order valence-electron chi connectivity index (χ3n) is 7.44. The first-order valence-electron chi connectivity index (χ1n) is 15.8. The summed E-state index contributed by atoms with van der Waals surface area (Å²) in [6.07, 6.45) is 19.5. The summed E-state index contributed by atoms with van der Waals surface area (Å²) in [5, 5.41) is 24.7. The van der Waals surface area contributed by atoms with Crippen LogP contribution in [0.15, 0.2) is 4.79 Å². The second kappa shape index (κ2) is 21.3. The van der Waals surface area contributed by atoms with E-state index in [9.17, 15) is 14.5 Å². The number of nitrogens with zero attached hydrogens (tertiary/aromatic N) is 1. The van der Waals surface area contributed by atoms with Crippen molar-refractivity contribution >= 4 is 13.3 Å². The molecule has 0 fully saturated rings. The maximum absolute atomic E-state index is 13.1. The van der Waals surface area contributed by atoms with E-state index >= 15 is 0 Å². The molecule has 5 N–H and O–H groups in total. The van der Waals surface area contributed by atoms with Gasteiger partial charge in [-0.3, -0.25) is 14.3 Å². The van der Waals surface area contributed by atoms with E-state index in [0.29, 0.717) is 63.4 Å². The van der Waals surface area contributed by atoms with Crippen molar-refractivity contribution in [3.8, 4) is 6.01 Å². The molecule has 2 unspecified atom stereocenters. The Kier molecular flexibility index (Phi) is 18.5. The number of rotatable bonds is 26. The molecule has 1 aromatic rings. The van der Waals surface area contributed by atoms with Gasteiger partial charge in [0, 0.05) is 25.6 Å². The Hall–Kier alpha value is -1.45. The predicted octanol–water partition coefficient (Wildman–Crippen LogP) is 6.05. The number of aliphatic hydroxyl groups excluding tert-OH is 1. The van der Waals surface area contributed by atoms with Gasteiger partial charge in [-0.15, -0.1) is 0 Å². The van der Waals surface area contributed by atoms with Crippen LogP contribution in [0.1, 0.15) is 121 Å². The van der Waals surface area contributed by atoms with E-state index in [-0.39, 0.29) is 17.5 Å². The van der Waals surface area contributed by atoms with Gasteiger partial charge in [0.05, 0.1) is 25.1 Å². The highest BCUT2D eigenvalue weighted by molar-refractivity contribution is 7.53. The van der Waals surface area contributed by atoms with Crippen molar-refractivity contribution in [2.24, 2.45) is 0 Å². The van der Waals surface area contributed by atoms with Crippen molar-refractivity contribution < 1.29 is 23.8 Å². The SMILES string of the molecule is CCOP(=O)(CCCNCC1CNc2c1nc(O)[nH]c2=O)OCCCCCCCCCCCCCCCCCO. The summed E-state index contributed by atoms with van der Waals surface area (Å²) in [7, 11) is -3.09. The molecule has 40 heavy (non-hydrogen) atoms. The summed E-state index contributed by atoms with van der Waals surface area (Å²) in [6.45, 7) is 4.83. The Labute approximate surface area is 241 Å². The van der Waals surface area contributed by atoms with Crippen molar-refractivity contribution in [3.05, 3.63) is 16.0 Å². The van der Waals surface area contributed by atoms with Crippen molar-refractivity contribution in [2.45, 2.75) is 116 Å². The standard InChI is InChI=1S/C29H55N4O6P/c1-2-38-40(37,22-18-19-30-23-25-24-31-27-26(25)32-29(36)33-28(27)35)39-21-17-15-13-11-9-7-5-3-4-6-8-10-12-14-16-20-34/h25,30-31,34H,2-24H2,1H3,(H2,32,33,35,36). The fourth-order valence-corrected chi connectivity index (χ4v) is 6.87. The highest BCUT2D eigenvalue weighted by atomic mass is 31.2. The fraction of sp³-hybridized carbons (Fsp3) is 0.862. The predicted molar refractivity (Wildman–Crippen MR) is 162 cm³/mol. The zero-order valence-corrected chi connectivity index (χ0v) is 25.7. The zero-order valence-electron chi connectivity index (χ0n) is 24.8. The number of fused-ring (bicyclic) bond motifs is 1. The molecule has 1 aliphatic heterocycles. The summed E-state index contributed by atoms with van der Waals surface area (Å²) in [5.74, 6) is -0.0124. The summed E-state index contributed by atoms with van der Waals surface area (Å²) >= 11 is 0. The lowest BCUT2D eigenvalue weighted by atomic mass is 10.0. The maximum Gasteiger partial charge on any atom is 0.330 e. The Morgan fingerprint density at radius 2 is 1.48 bits per heavy atom. The summed E-state index contributed by atoms with van der Waals surface area (Å²) < 4.78 is 24.3. The van der Waals surface area contributed by atoms with Gasteiger partial charge < -0.3 is 29.9 Å². The van der Waals surface area contributed by atoms with Gasteiger partial charge in [0.25, 0.3) is 11.6 Å².